The van der Waals surface area contributed by atoms with Crippen molar-refractivity contribution in [3.05, 3.63) is 54.1 Å². The zero-order chi connectivity index (χ0) is 12.4. The van der Waals surface area contributed by atoms with Crippen molar-refractivity contribution in [3.63, 3.8) is 0 Å². The van der Waals surface area contributed by atoms with Crippen LogP contribution in [0.5, 0.6) is 5.75 Å². The Hall–Kier alpha value is -1.61. The largest absolute Gasteiger partial charge is 0.508 e. The molecule has 0 atom stereocenters. The van der Waals surface area contributed by atoms with Gasteiger partial charge in [-0.3, -0.25) is 0 Å². The molecule has 92 valence electrons. The number of hydrogen-bond donors (Lipinski definition) is 1. The molecule has 1 heterocycles. The Balaban J connectivity index is 1.71. The first-order valence-electron chi connectivity index (χ1n) is 6.08. The van der Waals surface area contributed by atoms with Crippen LogP contribution in [0.1, 0.15) is 5.56 Å². The van der Waals surface area contributed by atoms with Gasteiger partial charge < -0.3 is 10.0 Å². The molecule has 0 amide bonds. The van der Waals surface area contributed by atoms with Gasteiger partial charge in [0.25, 0.3) is 0 Å². The standard InChI is InChI=1S/C15H15NOS/c17-14-7-3-1-5-12(14)9-10-16-11-18-15-8-4-2-6-13(15)16/h1-8,17H,9-11H2. The number of thioether (sulfide) groups is 1. The first kappa shape index (κ1) is 11.5. The van der Waals surface area contributed by atoms with Crippen LogP contribution in [0.2, 0.25) is 0 Å². The van der Waals surface area contributed by atoms with Crippen molar-refractivity contribution < 1.29 is 5.11 Å². The highest BCUT2D eigenvalue weighted by atomic mass is 32.2. The highest BCUT2D eigenvalue weighted by molar-refractivity contribution is 7.99. The van der Waals surface area contributed by atoms with E-state index in [1.165, 1.54) is 10.6 Å². The van der Waals surface area contributed by atoms with Crippen molar-refractivity contribution in [1.82, 2.24) is 0 Å². The molecule has 0 radical (unpaired) electrons. The van der Waals surface area contributed by atoms with Gasteiger partial charge in [0.15, 0.2) is 0 Å². The number of rotatable bonds is 3. The summed E-state index contributed by atoms with van der Waals surface area (Å²) in [5.41, 5.74) is 2.34. The fraction of sp³-hybridized carbons (Fsp3) is 0.200. The third-order valence-corrected chi connectivity index (χ3v) is 4.32. The molecule has 1 aliphatic heterocycles. The van der Waals surface area contributed by atoms with Crippen LogP contribution >= 0.6 is 11.8 Å². The molecule has 18 heavy (non-hydrogen) atoms. The van der Waals surface area contributed by atoms with E-state index in [1.54, 1.807) is 6.07 Å². The quantitative estimate of drug-likeness (QED) is 0.910. The van der Waals surface area contributed by atoms with Crippen molar-refractivity contribution >= 4 is 17.4 Å². The molecule has 3 rings (SSSR count). The zero-order valence-electron chi connectivity index (χ0n) is 10.0. The molecule has 0 fully saturated rings. The lowest BCUT2D eigenvalue weighted by molar-refractivity contribution is 0.468. The van der Waals surface area contributed by atoms with Gasteiger partial charge in [0, 0.05) is 11.4 Å². The van der Waals surface area contributed by atoms with Crippen LogP contribution in [0, 0.1) is 0 Å². The summed E-state index contributed by atoms with van der Waals surface area (Å²) in [5.74, 6) is 1.41. The van der Waals surface area contributed by atoms with E-state index in [0.29, 0.717) is 5.75 Å². The molecule has 1 N–H and O–H groups in total. The summed E-state index contributed by atoms with van der Waals surface area (Å²) in [7, 11) is 0. The van der Waals surface area contributed by atoms with Crippen molar-refractivity contribution in [2.45, 2.75) is 11.3 Å². The number of benzene rings is 2. The summed E-state index contributed by atoms with van der Waals surface area (Å²) >= 11 is 1.88. The Bertz CT molecular complexity index is 556. The molecule has 0 saturated carbocycles. The van der Waals surface area contributed by atoms with Crippen LogP contribution in [0.3, 0.4) is 0 Å². The summed E-state index contributed by atoms with van der Waals surface area (Å²) in [5, 5.41) is 9.76. The Kier molecular flexibility index (Phi) is 3.15. The molecule has 0 spiro atoms. The summed E-state index contributed by atoms with van der Waals surface area (Å²) in [6, 6.07) is 16.1. The van der Waals surface area contributed by atoms with Gasteiger partial charge >= 0.3 is 0 Å². The monoisotopic (exact) mass is 257 g/mol. The van der Waals surface area contributed by atoms with Gasteiger partial charge in [0.05, 0.1) is 11.6 Å². The van der Waals surface area contributed by atoms with E-state index in [-0.39, 0.29) is 0 Å². The molecule has 0 aromatic heterocycles. The molecule has 0 aliphatic carbocycles. The lowest BCUT2D eigenvalue weighted by Gasteiger charge is -2.18. The Morgan fingerprint density at radius 1 is 1.06 bits per heavy atom. The Labute approximate surface area is 111 Å². The summed E-state index contributed by atoms with van der Waals surface area (Å²) in [6.45, 7) is 0.946. The van der Waals surface area contributed by atoms with E-state index in [2.05, 4.69) is 29.2 Å². The minimum Gasteiger partial charge on any atom is -0.508 e. The van der Waals surface area contributed by atoms with Gasteiger partial charge in [-0.2, -0.15) is 0 Å². The van der Waals surface area contributed by atoms with Crippen LogP contribution in [-0.4, -0.2) is 17.5 Å². The van der Waals surface area contributed by atoms with Gasteiger partial charge in [-0.1, -0.05) is 30.3 Å². The van der Waals surface area contributed by atoms with E-state index in [1.807, 2.05) is 30.0 Å². The van der Waals surface area contributed by atoms with Crippen molar-refractivity contribution in [1.29, 1.82) is 0 Å². The van der Waals surface area contributed by atoms with Gasteiger partial charge in [-0.05, 0) is 30.2 Å². The number of phenols is 1. The Morgan fingerprint density at radius 3 is 2.72 bits per heavy atom. The van der Waals surface area contributed by atoms with Crippen molar-refractivity contribution in [2.75, 3.05) is 17.3 Å². The zero-order valence-corrected chi connectivity index (χ0v) is 10.9. The number of hydrogen-bond acceptors (Lipinski definition) is 3. The predicted molar refractivity (Wildman–Crippen MR) is 76.3 cm³/mol. The number of para-hydroxylation sites is 2. The molecule has 1 aliphatic rings. The first-order valence-corrected chi connectivity index (χ1v) is 7.07. The minimum absolute atomic E-state index is 0.401. The fourth-order valence-electron chi connectivity index (χ4n) is 2.22. The number of nitrogens with zero attached hydrogens (tertiary/aromatic N) is 1. The maximum Gasteiger partial charge on any atom is 0.118 e. The molecule has 3 heteroatoms. The summed E-state index contributed by atoms with van der Waals surface area (Å²) < 4.78 is 0. The molecule has 2 aromatic rings. The lowest BCUT2D eigenvalue weighted by atomic mass is 10.1. The van der Waals surface area contributed by atoms with Crippen LogP contribution in [0.15, 0.2) is 53.4 Å². The smallest absolute Gasteiger partial charge is 0.118 e. The fourth-order valence-corrected chi connectivity index (χ4v) is 3.30. The third kappa shape index (κ3) is 2.18. The second-order valence-electron chi connectivity index (χ2n) is 4.38. The molecule has 2 nitrogen and oxygen atoms in total. The summed E-state index contributed by atoms with van der Waals surface area (Å²) in [6.07, 6.45) is 0.877. The highest BCUT2D eigenvalue weighted by Crippen LogP contribution is 2.38. The van der Waals surface area contributed by atoms with Crippen molar-refractivity contribution in [3.8, 4) is 5.75 Å². The normalized spacial score (nSPS) is 13.7. The van der Waals surface area contributed by atoms with Crippen LogP contribution < -0.4 is 4.90 Å². The highest BCUT2D eigenvalue weighted by Gasteiger charge is 2.18. The van der Waals surface area contributed by atoms with Crippen LogP contribution in [-0.2, 0) is 6.42 Å². The number of phenolic OH excluding ortho intramolecular Hbond substituents is 1. The average molecular weight is 257 g/mol. The minimum atomic E-state index is 0.401. The summed E-state index contributed by atoms with van der Waals surface area (Å²) in [4.78, 5) is 3.72. The molecule has 0 unspecified atom stereocenters. The number of anilines is 1. The van der Waals surface area contributed by atoms with E-state index < -0.39 is 0 Å². The van der Waals surface area contributed by atoms with Gasteiger partial charge in [0.1, 0.15) is 5.75 Å². The average Bonchev–Trinajstić information content (AvgIpc) is 2.81. The number of fused-ring (bicyclic) bond motifs is 1. The van der Waals surface area contributed by atoms with Crippen molar-refractivity contribution in [2.24, 2.45) is 0 Å². The molecular formula is C15H15NOS. The molecule has 2 aromatic carbocycles. The third-order valence-electron chi connectivity index (χ3n) is 3.22. The number of aromatic hydroxyl groups is 1. The van der Waals surface area contributed by atoms with Gasteiger partial charge in [0.2, 0.25) is 0 Å². The maximum atomic E-state index is 9.76. The van der Waals surface area contributed by atoms with E-state index in [4.69, 9.17) is 0 Å². The topological polar surface area (TPSA) is 23.5 Å². The predicted octanol–water partition coefficient (Wildman–Crippen LogP) is 3.50. The van der Waals surface area contributed by atoms with Gasteiger partial charge in [-0.15, -0.1) is 11.8 Å². The SMILES string of the molecule is Oc1ccccc1CCN1CSc2ccccc21. The molecule has 0 bridgehead atoms. The molecular weight excluding hydrogens is 242 g/mol. The van der Waals surface area contributed by atoms with E-state index >= 15 is 0 Å². The first-order chi connectivity index (χ1) is 8.84. The van der Waals surface area contributed by atoms with E-state index in [0.717, 1.165) is 24.4 Å². The second kappa shape index (κ2) is 4.94. The second-order valence-corrected chi connectivity index (χ2v) is 5.37. The van der Waals surface area contributed by atoms with E-state index in [9.17, 15) is 5.11 Å². The van der Waals surface area contributed by atoms with Crippen LogP contribution in [0.4, 0.5) is 5.69 Å². The lowest BCUT2D eigenvalue weighted by Crippen LogP contribution is -2.21. The molecule has 0 saturated heterocycles. The van der Waals surface area contributed by atoms with Gasteiger partial charge in [-0.25, -0.2) is 0 Å². The maximum absolute atomic E-state index is 9.76. The van der Waals surface area contributed by atoms with Crippen LogP contribution in [0.25, 0.3) is 0 Å². The Morgan fingerprint density at radius 2 is 1.83 bits per heavy atom.